The number of hydrogen-bond acceptors (Lipinski definition) is 1. The van der Waals surface area contributed by atoms with Gasteiger partial charge in [0.15, 0.2) is 0 Å². The van der Waals surface area contributed by atoms with Crippen molar-refractivity contribution in [1.29, 1.82) is 0 Å². The van der Waals surface area contributed by atoms with Crippen LogP contribution >= 0.6 is 7.41 Å². The summed E-state index contributed by atoms with van der Waals surface area (Å²) in [6.45, 7) is 4.86. The van der Waals surface area contributed by atoms with E-state index in [-0.39, 0.29) is 0 Å². The first-order chi connectivity index (χ1) is 14.4. The van der Waals surface area contributed by atoms with Crippen molar-refractivity contribution in [3.05, 3.63) is 134 Å². The third-order valence-electron chi connectivity index (χ3n) is 5.11. The monoisotopic (exact) mass is 394 g/mol. The normalized spacial score (nSPS) is 11.0. The van der Waals surface area contributed by atoms with Gasteiger partial charge in [0.05, 0.1) is 12.2 Å². The smallest absolute Gasteiger partial charge is 0.202 e. The molecule has 4 aromatic rings. The lowest BCUT2D eigenvalue weighted by Gasteiger charge is -2.37. The topological polar surface area (TPSA) is 3.24 Å². The van der Waals surface area contributed by atoms with Crippen LogP contribution in [0, 0.1) is 0 Å². The summed E-state index contributed by atoms with van der Waals surface area (Å²) >= 11 is 0. The molecular weight excluding hydrogens is 369 g/mol. The van der Waals surface area contributed by atoms with Gasteiger partial charge in [-0.25, -0.2) is 4.67 Å². The van der Waals surface area contributed by atoms with E-state index in [0.29, 0.717) is 0 Å². The third kappa shape index (κ3) is 3.62. The molecule has 0 aliphatic rings. The van der Waals surface area contributed by atoms with Crippen LogP contribution < -0.4 is 20.6 Å². The summed E-state index contributed by atoms with van der Waals surface area (Å²) in [6, 6.07) is 43.5. The molecule has 0 fully saturated rings. The maximum atomic E-state index is 4.10. The molecule has 0 bridgehead atoms. The molecule has 142 valence electrons. The highest BCUT2D eigenvalue weighted by atomic mass is 31.2. The summed E-state index contributed by atoms with van der Waals surface area (Å²) in [5.74, 6) is 0. The summed E-state index contributed by atoms with van der Waals surface area (Å²) in [5.41, 5.74) is 1.21. The lowest BCUT2D eigenvalue weighted by atomic mass is 10.3. The molecule has 0 N–H and O–H groups in total. The van der Waals surface area contributed by atoms with Crippen molar-refractivity contribution in [3.63, 3.8) is 0 Å². The van der Waals surface area contributed by atoms with E-state index in [0.717, 1.165) is 6.54 Å². The zero-order valence-corrected chi connectivity index (χ0v) is 17.3. The zero-order chi connectivity index (χ0) is 19.9. The van der Waals surface area contributed by atoms with Crippen LogP contribution in [0.4, 0.5) is 5.69 Å². The van der Waals surface area contributed by atoms with E-state index in [1.807, 2.05) is 6.08 Å². The predicted molar refractivity (Wildman–Crippen MR) is 129 cm³/mol. The van der Waals surface area contributed by atoms with E-state index in [9.17, 15) is 0 Å². The fourth-order valence-electron chi connectivity index (χ4n) is 3.92. The van der Waals surface area contributed by atoms with E-state index < -0.39 is 7.41 Å². The van der Waals surface area contributed by atoms with Crippen LogP contribution in [0.25, 0.3) is 0 Å². The quantitative estimate of drug-likeness (QED) is 0.292. The average Bonchev–Trinajstić information content (AvgIpc) is 2.82. The summed E-state index contributed by atoms with van der Waals surface area (Å²) in [4.78, 5) is 0. The van der Waals surface area contributed by atoms with Crippen LogP contribution in [-0.4, -0.2) is 6.54 Å². The maximum Gasteiger partial charge on any atom is 0.202 e. The summed E-state index contributed by atoms with van der Waals surface area (Å²) in [7, 11) is -2.14. The Labute approximate surface area is 174 Å². The average molecular weight is 394 g/mol. The third-order valence-corrected chi connectivity index (χ3v) is 9.36. The van der Waals surface area contributed by atoms with Crippen molar-refractivity contribution in [3.8, 4) is 0 Å². The number of anilines is 1. The minimum absolute atomic E-state index is 0.760. The fraction of sp³-hybridized carbons (Fsp3) is 0.0370. The molecule has 0 saturated carbocycles. The van der Waals surface area contributed by atoms with Crippen molar-refractivity contribution < 1.29 is 0 Å². The van der Waals surface area contributed by atoms with Crippen LogP contribution in [0.1, 0.15) is 0 Å². The van der Waals surface area contributed by atoms with Gasteiger partial charge in [-0.15, -0.1) is 6.58 Å². The SMILES string of the molecule is C=CCN(c1ccccc1)[P+](c1ccccc1)(c1ccccc1)c1ccccc1. The first-order valence-corrected chi connectivity index (χ1v) is 11.6. The second-order valence-corrected chi connectivity index (χ2v) is 10.2. The Morgan fingerprint density at radius 2 is 0.897 bits per heavy atom. The predicted octanol–water partition coefficient (Wildman–Crippen LogP) is 5.59. The summed E-state index contributed by atoms with van der Waals surface area (Å²) in [6.07, 6.45) is 2.01. The first-order valence-electron chi connectivity index (χ1n) is 9.87. The van der Waals surface area contributed by atoms with E-state index in [1.54, 1.807) is 0 Å². The summed E-state index contributed by atoms with van der Waals surface area (Å²) in [5, 5.41) is 4.01. The van der Waals surface area contributed by atoms with Gasteiger partial charge in [-0.05, 0) is 48.5 Å². The van der Waals surface area contributed by atoms with Crippen LogP contribution in [0.5, 0.6) is 0 Å². The standard InChI is InChI=1S/C27H25NP/c1-2-23-28(24-15-7-3-8-16-24)29(25-17-9-4-10-18-25,26-19-11-5-12-20-26)27-21-13-6-14-22-27/h2-22H,1,23H2/q+1. The van der Waals surface area contributed by atoms with Gasteiger partial charge in [0.25, 0.3) is 0 Å². The van der Waals surface area contributed by atoms with Gasteiger partial charge >= 0.3 is 0 Å². The van der Waals surface area contributed by atoms with E-state index >= 15 is 0 Å². The molecule has 0 unspecified atom stereocenters. The van der Waals surface area contributed by atoms with Crippen molar-refractivity contribution in [2.24, 2.45) is 0 Å². The number of para-hydroxylation sites is 1. The fourth-order valence-corrected chi connectivity index (χ4v) is 8.30. The van der Waals surface area contributed by atoms with E-state index in [2.05, 4.69) is 133 Å². The molecule has 1 nitrogen and oxygen atoms in total. The molecule has 0 radical (unpaired) electrons. The second-order valence-electron chi connectivity index (χ2n) is 6.85. The lowest BCUT2D eigenvalue weighted by Crippen LogP contribution is -2.43. The number of hydrogen-bond donors (Lipinski definition) is 0. The molecular formula is C27H25NP+. The Morgan fingerprint density at radius 3 is 1.24 bits per heavy atom. The van der Waals surface area contributed by atoms with Crippen LogP contribution in [0.2, 0.25) is 0 Å². The zero-order valence-electron chi connectivity index (χ0n) is 16.4. The second kappa shape index (κ2) is 8.90. The van der Waals surface area contributed by atoms with E-state index in [1.165, 1.54) is 21.6 Å². The number of benzene rings is 4. The largest absolute Gasteiger partial charge is 0.231 e. The lowest BCUT2D eigenvalue weighted by molar-refractivity contribution is 1.19. The van der Waals surface area contributed by atoms with E-state index in [4.69, 9.17) is 0 Å². The first kappa shape index (κ1) is 19.2. The molecule has 29 heavy (non-hydrogen) atoms. The van der Waals surface area contributed by atoms with Gasteiger partial charge in [-0.1, -0.05) is 78.9 Å². The molecule has 4 aromatic carbocycles. The van der Waals surface area contributed by atoms with Crippen LogP contribution in [0.3, 0.4) is 0 Å². The van der Waals surface area contributed by atoms with Gasteiger partial charge in [0, 0.05) is 0 Å². The highest BCUT2D eigenvalue weighted by molar-refractivity contribution is 7.96. The van der Waals surface area contributed by atoms with Crippen molar-refractivity contribution in [2.45, 2.75) is 0 Å². The minimum atomic E-state index is -2.14. The molecule has 0 aromatic heterocycles. The van der Waals surface area contributed by atoms with Gasteiger partial charge < -0.3 is 0 Å². The Hall–Kier alpha value is -3.15. The van der Waals surface area contributed by atoms with Gasteiger partial charge in [0.2, 0.25) is 7.41 Å². The van der Waals surface area contributed by atoms with Gasteiger partial charge in [0.1, 0.15) is 15.9 Å². The Bertz CT molecular complexity index is 934. The highest BCUT2D eigenvalue weighted by Gasteiger charge is 2.51. The molecule has 0 amide bonds. The Morgan fingerprint density at radius 1 is 0.552 bits per heavy atom. The summed E-state index contributed by atoms with van der Waals surface area (Å²) < 4.78 is 2.56. The number of nitrogens with zero attached hydrogens (tertiary/aromatic N) is 1. The molecule has 0 atom stereocenters. The molecule has 0 aliphatic heterocycles. The molecule has 0 aliphatic carbocycles. The molecule has 0 saturated heterocycles. The van der Waals surface area contributed by atoms with Crippen molar-refractivity contribution in [1.82, 2.24) is 0 Å². The van der Waals surface area contributed by atoms with Crippen LogP contribution in [-0.2, 0) is 0 Å². The molecule has 0 spiro atoms. The van der Waals surface area contributed by atoms with Gasteiger partial charge in [-0.3, -0.25) is 0 Å². The molecule has 4 rings (SSSR count). The molecule has 2 heteroatoms. The Kier molecular flexibility index (Phi) is 5.89. The minimum Gasteiger partial charge on any atom is -0.231 e. The Balaban J connectivity index is 2.11. The van der Waals surface area contributed by atoms with Crippen molar-refractivity contribution >= 4 is 29.0 Å². The van der Waals surface area contributed by atoms with Crippen molar-refractivity contribution in [2.75, 3.05) is 11.2 Å². The highest BCUT2D eigenvalue weighted by Crippen LogP contribution is 2.60. The maximum absolute atomic E-state index is 4.10. The molecule has 0 heterocycles. The van der Waals surface area contributed by atoms with Gasteiger partial charge in [-0.2, -0.15) is 0 Å². The number of rotatable bonds is 7. The van der Waals surface area contributed by atoms with Crippen LogP contribution in [0.15, 0.2) is 134 Å².